The molecule has 4 aromatic rings. The summed E-state index contributed by atoms with van der Waals surface area (Å²) in [5.74, 6) is -0.361. The van der Waals surface area contributed by atoms with E-state index in [-0.39, 0.29) is 11.3 Å². The molecule has 1 N–H and O–H groups in total. The molecule has 0 saturated heterocycles. The molecule has 21 heavy (non-hydrogen) atoms. The van der Waals surface area contributed by atoms with E-state index in [4.69, 9.17) is 8.83 Å². The maximum Gasteiger partial charge on any atom is 0.340 e. The summed E-state index contributed by atoms with van der Waals surface area (Å²) in [6.07, 6.45) is 0. The molecular weight excluding hydrogens is 268 g/mol. The number of para-hydroxylation sites is 2. The normalized spacial score (nSPS) is 11.2. The number of fused-ring (bicyclic) bond motifs is 2. The first kappa shape index (κ1) is 11.8. The van der Waals surface area contributed by atoms with Gasteiger partial charge in [0, 0.05) is 10.8 Å². The Morgan fingerprint density at radius 2 is 1.62 bits per heavy atom. The fourth-order valence-electron chi connectivity index (χ4n) is 2.53. The SMILES string of the molecule is O=C(O)c1c(-c2cc3ccccc3o2)oc2ccccc12. The average Bonchev–Trinajstić information content (AvgIpc) is 3.08. The Morgan fingerprint density at radius 3 is 2.38 bits per heavy atom. The lowest BCUT2D eigenvalue weighted by atomic mass is 10.1. The quantitative estimate of drug-likeness (QED) is 0.584. The van der Waals surface area contributed by atoms with Gasteiger partial charge in [0.1, 0.15) is 16.7 Å². The summed E-state index contributed by atoms with van der Waals surface area (Å²) in [4.78, 5) is 11.6. The number of hydrogen-bond acceptors (Lipinski definition) is 3. The van der Waals surface area contributed by atoms with Gasteiger partial charge in [-0.2, -0.15) is 0 Å². The van der Waals surface area contributed by atoms with Crippen LogP contribution in [0.3, 0.4) is 0 Å². The zero-order chi connectivity index (χ0) is 14.4. The van der Waals surface area contributed by atoms with Crippen LogP contribution < -0.4 is 0 Å². The van der Waals surface area contributed by atoms with Crippen LogP contribution >= 0.6 is 0 Å². The Kier molecular flexibility index (Phi) is 2.38. The van der Waals surface area contributed by atoms with Crippen molar-refractivity contribution in [2.75, 3.05) is 0 Å². The monoisotopic (exact) mass is 278 g/mol. The molecule has 0 unspecified atom stereocenters. The van der Waals surface area contributed by atoms with E-state index in [1.54, 1.807) is 30.3 Å². The second-order valence-electron chi connectivity index (χ2n) is 4.76. The molecular formula is C17H10O4. The summed E-state index contributed by atoms with van der Waals surface area (Å²) >= 11 is 0. The summed E-state index contributed by atoms with van der Waals surface area (Å²) in [7, 11) is 0. The third-order valence-electron chi connectivity index (χ3n) is 3.46. The lowest BCUT2D eigenvalue weighted by molar-refractivity contribution is 0.0699. The third-order valence-corrected chi connectivity index (χ3v) is 3.46. The zero-order valence-electron chi connectivity index (χ0n) is 10.9. The molecule has 2 aromatic carbocycles. The summed E-state index contributed by atoms with van der Waals surface area (Å²) in [5, 5.41) is 11.0. The molecule has 4 heteroatoms. The van der Waals surface area contributed by atoms with Crippen molar-refractivity contribution in [3.8, 4) is 11.5 Å². The van der Waals surface area contributed by atoms with E-state index in [1.807, 2.05) is 24.3 Å². The van der Waals surface area contributed by atoms with Crippen LogP contribution in [0.25, 0.3) is 33.5 Å². The first-order valence-electron chi connectivity index (χ1n) is 6.48. The minimum atomic E-state index is -1.03. The Balaban J connectivity index is 2.05. The number of benzene rings is 2. The van der Waals surface area contributed by atoms with E-state index >= 15 is 0 Å². The molecule has 0 aliphatic carbocycles. The van der Waals surface area contributed by atoms with E-state index in [0.717, 1.165) is 5.39 Å². The van der Waals surface area contributed by atoms with E-state index in [9.17, 15) is 9.90 Å². The van der Waals surface area contributed by atoms with Crippen LogP contribution in [-0.2, 0) is 0 Å². The van der Waals surface area contributed by atoms with Crippen LogP contribution in [-0.4, -0.2) is 11.1 Å². The zero-order valence-corrected chi connectivity index (χ0v) is 10.9. The van der Waals surface area contributed by atoms with Gasteiger partial charge in [-0.1, -0.05) is 36.4 Å². The standard InChI is InChI=1S/C17H10O4/c18-17(19)15-11-6-2-4-8-13(11)21-16(15)14-9-10-5-1-3-7-12(10)20-14/h1-9H,(H,18,19). The number of carboxylic acid groups (broad SMARTS) is 1. The van der Waals surface area contributed by atoms with Crippen molar-refractivity contribution in [2.45, 2.75) is 0 Å². The average molecular weight is 278 g/mol. The third kappa shape index (κ3) is 1.73. The Labute approximate surface area is 119 Å². The molecule has 2 aromatic heterocycles. The lowest BCUT2D eigenvalue weighted by Crippen LogP contribution is -1.96. The van der Waals surface area contributed by atoms with Gasteiger partial charge >= 0.3 is 5.97 Å². The smallest absolute Gasteiger partial charge is 0.340 e. The van der Waals surface area contributed by atoms with Crippen LogP contribution in [0, 0.1) is 0 Å². The second kappa shape index (κ2) is 4.24. The highest BCUT2D eigenvalue weighted by Gasteiger charge is 2.23. The molecule has 0 atom stereocenters. The maximum atomic E-state index is 11.6. The summed E-state index contributed by atoms with van der Waals surface area (Å²) in [5.41, 5.74) is 1.36. The summed E-state index contributed by atoms with van der Waals surface area (Å²) < 4.78 is 11.4. The van der Waals surface area contributed by atoms with Gasteiger partial charge in [0.15, 0.2) is 11.5 Å². The van der Waals surface area contributed by atoms with Crippen LogP contribution in [0.5, 0.6) is 0 Å². The molecule has 0 saturated carbocycles. The van der Waals surface area contributed by atoms with Gasteiger partial charge in [-0.15, -0.1) is 0 Å². The first-order chi connectivity index (χ1) is 10.2. The Bertz CT molecular complexity index is 942. The van der Waals surface area contributed by atoms with Crippen molar-refractivity contribution in [3.05, 3.63) is 60.2 Å². The van der Waals surface area contributed by atoms with E-state index in [1.165, 1.54) is 0 Å². The largest absolute Gasteiger partial charge is 0.478 e. The highest BCUT2D eigenvalue weighted by Crippen LogP contribution is 2.36. The van der Waals surface area contributed by atoms with Gasteiger partial charge in [-0.3, -0.25) is 0 Å². The highest BCUT2D eigenvalue weighted by molar-refractivity contribution is 6.08. The highest BCUT2D eigenvalue weighted by atomic mass is 16.4. The summed E-state index contributed by atoms with van der Waals surface area (Å²) in [6, 6.07) is 16.4. The number of furan rings is 2. The van der Waals surface area contributed by atoms with E-state index in [0.29, 0.717) is 22.3 Å². The van der Waals surface area contributed by atoms with Crippen LogP contribution in [0.15, 0.2) is 63.4 Å². The van der Waals surface area contributed by atoms with Crippen molar-refractivity contribution in [2.24, 2.45) is 0 Å². The van der Waals surface area contributed by atoms with Gasteiger partial charge in [0.05, 0.1) is 0 Å². The minimum absolute atomic E-state index is 0.129. The summed E-state index contributed by atoms with van der Waals surface area (Å²) in [6.45, 7) is 0. The second-order valence-corrected chi connectivity index (χ2v) is 4.76. The number of carbonyl (C=O) groups is 1. The van der Waals surface area contributed by atoms with Crippen molar-refractivity contribution in [1.29, 1.82) is 0 Å². The molecule has 0 fully saturated rings. The molecule has 0 radical (unpaired) electrons. The number of hydrogen-bond donors (Lipinski definition) is 1. The van der Waals surface area contributed by atoms with Gasteiger partial charge < -0.3 is 13.9 Å². The van der Waals surface area contributed by atoms with Crippen molar-refractivity contribution < 1.29 is 18.7 Å². The molecule has 0 aliphatic rings. The number of aromatic carboxylic acids is 1. The lowest BCUT2D eigenvalue weighted by Gasteiger charge is -1.94. The molecule has 102 valence electrons. The van der Waals surface area contributed by atoms with Gasteiger partial charge in [-0.05, 0) is 18.2 Å². The molecule has 0 aliphatic heterocycles. The van der Waals surface area contributed by atoms with Gasteiger partial charge in [0.25, 0.3) is 0 Å². The van der Waals surface area contributed by atoms with E-state index in [2.05, 4.69) is 0 Å². The molecule has 0 spiro atoms. The predicted molar refractivity (Wildman–Crippen MR) is 78.4 cm³/mol. The molecule has 4 nitrogen and oxygen atoms in total. The van der Waals surface area contributed by atoms with Crippen molar-refractivity contribution in [3.63, 3.8) is 0 Å². The van der Waals surface area contributed by atoms with Crippen molar-refractivity contribution in [1.82, 2.24) is 0 Å². The minimum Gasteiger partial charge on any atom is -0.478 e. The molecule has 2 heterocycles. The number of carboxylic acids is 1. The van der Waals surface area contributed by atoms with Crippen molar-refractivity contribution >= 4 is 27.9 Å². The van der Waals surface area contributed by atoms with Crippen LogP contribution in [0.2, 0.25) is 0 Å². The van der Waals surface area contributed by atoms with E-state index < -0.39 is 5.97 Å². The van der Waals surface area contributed by atoms with Crippen LogP contribution in [0.1, 0.15) is 10.4 Å². The van der Waals surface area contributed by atoms with Gasteiger partial charge in [-0.25, -0.2) is 4.79 Å². The molecule has 0 bridgehead atoms. The molecule has 4 rings (SSSR count). The Morgan fingerprint density at radius 1 is 0.905 bits per heavy atom. The fourth-order valence-corrected chi connectivity index (χ4v) is 2.53. The Hall–Kier alpha value is -3.01. The topological polar surface area (TPSA) is 63.6 Å². The van der Waals surface area contributed by atoms with Crippen LogP contribution in [0.4, 0.5) is 0 Å². The van der Waals surface area contributed by atoms with Gasteiger partial charge in [0.2, 0.25) is 0 Å². The maximum absolute atomic E-state index is 11.6. The number of rotatable bonds is 2. The first-order valence-corrected chi connectivity index (χ1v) is 6.48. The molecule has 0 amide bonds. The fraction of sp³-hybridized carbons (Fsp3) is 0. The predicted octanol–water partition coefficient (Wildman–Crippen LogP) is 4.54.